The van der Waals surface area contributed by atoms with Crippen LogP contribution in [-0.4, -0.2) is 33.4 Å². The Kier molecular flexibility index (Phi) is 7.78. The van der Waals surface area contributed by atoms with Crippen molar-refractivity contribution in [3.63, 3.8) is 0 Å². The first-order chi connectivity index (χ1) is 18.6. The van der Waals surface area contributed by atoms with Crippen LogP contribution in [0.3, 0.4) is 0 Å². The minimum Gasteiger partial charge on any atom is -0.486 e. The van der Waals surface area contributed by atoms with E-state index in [1.807, 2.05) is 36.4 Å². The number of ether oxygens (including phenoxy) is 1. The van der Waals surface area contributed by atoms with E-state index in [9.17, 15) is 4.79 Å². The van der Waals surface area contributed by atoms with Crippen LogP contribution in [0.5, 0.6) is 5.75 Å². The molecule has 0 aliphatic carbocycles. The average molecular weight is 525 g/mol. The lowest BCUT2D eigenvalue weighted by atomic mass is 10.1. The molecule has 2 aromatic carbocycles. The highest BCUT2D eigenvalue weighted by Gasteiger charge is 2.14. The molecule has 38 heavy (non-hydrogen) atoms. The largest absolute Gasteiger partial charge is 0.486 e. The van der Waals surface area contributed by atoms with Gasteiger partial charge in [-0.05, 0) is 67.9 Å². The Morgan fingerprint density at radius 3 is 2.89 bits per heavy atom. The van der Waals surface area contributed by atoms with Crippen LogP contribution in [-0.2, 0) is 11.4 Å². The van der Waals surface area contributed by atoms with Crippen LogP contribution in [0.4, 0.5) is 17.2 Å². The number of anilines is 3. The van der Waals surface area contributed by atoms with Crippen LogP contribution in [0.1, 0.15) is 24.1 Å². The van der Waals surface area contributed by atoms with Crippen molar-refractivity contribution >= 4 is 45.6 Å². The lowest BCUT2D eigenvalue weighted by Gasteiger charge is -2.13. The molecule has 1 fully saturated rings. The maximum absolute atomic E-state index is 12.2. The van der Waals surface area contributed by atoms with Crippen molar-refractivity contribution in [3.8, 4) is 17.6 Å². The van der Waals surface area contributed by atoms with Crippen molar-refractivity contribution in [2.24, 2.45) is 0 Å². The lowest BCUT2D eigenvalue weighted by molar-refractivity contribution is -0.111. The number of rotatable bonds is 7. The maximum atomic E-state index is 12.2. The lowest BCUT2D eigenvalue weighted by Crippen LogP contribution is -2.18. The van der Waals surface area contributed by atoms with Crippen molar-refractivity contribution in [1.82, 2.24) is 20.3 Å². The third-order valence-electron chi connectivity index (χ3n) is 5.96. The molecule has 3 heterocycles. The fourth-order valence-corrected chi connectivity index (χ4v) is 4.27. The van der Waals surface area contributed by atoms with Crippen LogP contribution >= 0.6 is 11.6 Å². The summed E-state index contributed by atoms with van der Waals surface area (Å²) < 4.78 is 5.82. The summed E-state index contributed by atoms with van der Waals surface area (Å²) in [4.78, 5) is 25.3. The Hall–Kier alpha value is -4.45. The van der Waals surface area contributed by atoms with Gasteiger partial charge in [-0.2, -0.15) is 0 Å². The van der Waals surface area contributed by atoms with Crippen molar-refractivity contribution in [2.45, 2.75) is 25.5 Å². The van der Waals surface area contributed by atoms with Gasteiger partial charge in [0.1, 0.15) is 24.5 Å². The second-order valence-corrected chi connectivity index (χ2v) is 9.04. The molecule has 1 saturated heterocycles. The molecule has 0 radical (unpaired) electrons. The standard InChI is InChI=1S/C29H25ClN6O2/c1-2-28(37)36-25-16-23-26(14-19(25)8-9-20-7-5-13-31-20)33-18-34-29(23)35-21-10-11-27(24(30)15-21)38-17-22-6-3-4-12-32-22/h2-4,6,10-12,14-16,18,20,31H,1,5,7,13,17H2,(H,36,37)(H,33,34,35). The SMILES string of the molecule is C=CC(=O)Nc1cc2c(Nc3ccc(OCc4ccccn4)c(Cl)c3)ncnc2cc1C#CC1CCCN1. The molecule has 2 aromatic heterocycles. The van der Waals surface area contributed by atoms with Gasteiger partial charge in [0.05, 0.1) is 33.5 Å². The van der Waals surface area contributed by atoms with Gasteiger partial charge in [-0.25, -0.2) is 9.97 Å². The first-order valence-corrected chi connectivity index (χ1v) is 12.5. The molecule has 1 aliphatic heterocycles. The maximum Gasteiger partial charge on any atom is 0.247 e. The number of amides is 1. The summed E-state index contributed by atoms with van der Waals surface area (Å²) in [5, 5.41) is 10.7. The first-order valence-electron chi connectivity index (χ1n) is 12.2. The second-order valence-electron chi connectivity index (χ2n) is 8.63. The number of nitrogens with zero attached hydrogens (tertiary/aromatic N) is 3. The number of halogens is 1. The van der Waals surface area contributed by atoms with E-state index in [4.69, 9.17) is 16.3 Å². The first kappa shape index (κ1) is 25.2. The summed E-state index contributed by atoms with van der Waals surface area (Å²) >= 11 is 6.49. The van der Waals surface area contributed by atoms with E-state index in [0.29, 0.717) is 51.0 Å². The van der Waals surface area contributed by atoms with Gasteiger partial charge in [-0.3, -0.25) is 9.78 Å². The monoisotopic (exact) mass is 524 g/mol. The van der Waals surface area contributed by atoms with Gasteiger partial charge in [0, 0.05) is 17.3 Å². The van der Waals surface area contributed by atoms with E-state index in [-0.39, 0.29) is 11.9 Å². The number of fused-ring (bicyclic) bond motifs is 1. The molecule has 8 nitrogen and oxygen atoms in total. The number of carbonyl (C=O) groups excluding carboxylic acids is 1. The van der Waals surface area contributed by atoms with Crippen LogP contribution in [0.25, 0.3) is 10.9 Å². The quantitative estimate of drug-likeness (QED) is 0.225. The van der Waals surface area contributed by atoms with Crippen LogP contribution in [0, 0.1) is 11.8 Å². The highest BCUT2D eigenvalue weighted by molar-refractivity contribution is 6.32. The molecule has 4 aromatic rings. The number of nitrogens with one attached hydrogen (secondary N) is 3. The predicted octanol–water partition coefficient (Wildman–Crippen LogP) is 5.23. The van der Waals surface area contributed by atoms with Gasteiger partial charge in [-0.15, -0.1) is 0 Å². The normalized spacial score (nSPS) is 14.4. The topological polar surface area (TPSA) is 101 Å². The Bertz CT molecular complexity index is 1540. The number of benzene rings is 2. The smallest absolute Gasteiger partial charge is 0.247 e. The Balaban J connectivity index is 1.41. The molecular weight excluding hydrogens is 500 g/mol. The fraction of sp³-hybridized carbons (Fsp3) is 0.172. The molecule has 5 rings (SSSR count). The minimum atomic E-state index is -0.328. The molecule has 3 N–H and O–H groups in total. The van der Waals surface area contributed by atoms with E-state index in [1.54, 1.807) is 18.3 Å². The van der Waals surface area contributed by atoms with Crippen molar-refractivity contribution < 1.29 is 9.53 Å². The summed E-state index contributed by atoms with van der Waals surface area (Å²) in [7, 11) is 0. The Labute approximate surface area is 225 Å². The van der Waals surface area contributed by atoms with Gasteiger partial charge in [0.2, 0.25) is 5.91 Å². The third kappa shape index (κ3) is 6.09. The van der Waals surface area contributed by atoms with Crippen molar-refractivity contribution in [2.75, 3.05) is 17.2 Å². The summed E-state index contributed by atoms with van der Waals surface area (Å²) in [5.74, 6) is 7.23. The molecule has 1 unspecified atom stereocenters. The number of carbonyl (C=O) groups is 1. The van der Waals surface area contributed by atoms with Crippen LogP contribution < -0.4 is 20.7 Å². The van der Waals surface area contributed by atoms with Crippen molar-refractivity contribution in [3.05, 3.63) is 90.0 Å². The zero-order valence-corrected chi connectivity index (χ0v) is 21.3. The van der Waals surface area contributed by atoms with E-state index in [2.05, 4.69) is 49.3 Å². The molecule has 0 bridgehead atoms. The zero-order chi connectivity index (χ0) is 26.3. The molecule has 1 amide bonds. The summed E-state index contributed by atoms with van der Waals surface area (Å²) in [5.41, 5.74) is 3.43. The van der Waals surface area contributed by atoms with E-state index >= 15 is 0 Å². The van der Waals surface area contributed by atoms with Crippen molar-refractivity contribution in [1.29, 1.82) is 0 Å². The number of pyridine rings is 1. The van der Waals surface area contributed by atoms with Gasteiger partial charge in [-0.1, -0.05) is 36.1 Å². The number of aromatic nitrogens is 3. The molecule has 1 atom stereocenters. The molecule has 0 saturated carbocycles. The zero-order valence-electron chi connectivity index (χ0n) is 20.5. The molecule has 9 heteroatoms. The fourth-order valence-electron chi connectivity index (χ4n) is 4.03. The van der Waals surface area contributed by atoms with E-state index < -0.39 is 0 Å². The number of hydrogen-bond donors (Lipinski definition) is 3. The van der Waals surface area contributed by atoms with Gasteiger partial charge >= 0.3 is 0 Å². The molecular formula is C29H25ClN6O2. The number of hydrogen-bond acceptors (Lipinski definition) is 7. The highest BCUT2D eigenvalue weighted by atomic mass is 35.5. The van der Waals surface area contributed by atoms with Gasteiger partial charge < -0.3 is 20.7 Å². The van der Waals surface area contributed by atoms with Gasteiger partial charge in [0.25, 0.3) is 0 Å². The van der Waals surface area contributed by atoms with Gasteiger partial charge in [0.15, 0.2) is 0 Å². The molecule has 0 spiro atoms. The second kappa shape index (κ2) is 11.7. The third-order valence-corrected chi connectivity index (χ3v) is 6.25. The van der Waals surface area contributed by atoms with E-state index in [1.165, 1.54) is 12.4 Å². The van der Waals surface area contributed by atoms with E-state index in [0.717, 1.165) is 25.1 Å². The summed E-state index contributed by atoms with van der Waals surface area (Å²) in [6, 6.07) is 14.9. The predicted molar refractivity (Wildman–Crippen MR) is 150 cm³/mol. The summed E-state index contributed by atoms with van der Waals surface area (Å²) in [6.45, 7) is 4.83. The molecule has 1 aliphatic rings. The minimum absolute atomic E-state index is 0.136. The molecule has 190 valence electrons. The van der Waals surface area contributed by atoms with Crippen LogP contribution in [0.2, 0.25) is 5.02 Å². The Morgan fingerprint density at radius 2 is 2.13 bits per heavy atom. The average Bonchev–Trinajstić information content (AvgIpc) is 3.46. The van der Waals surface area contributed by atoms with Crippen LogP contribution in [0.15, 0.2) is 73.7 Å². The highest BCUT2D eigenvalue weighted by Crippen LogP contribution is 2.32. The summed E-state index contributed by atoms with van der Waals surface area (Å²) in [6.07, 6.45) is 6.52. The Morgan fingerprint density at radius 1 is 1.21 bits per heavy atom.